The van der Waals surface area contributed by atoms with Crippen LogP contribution >= 0.6 is 0 Å². The van der Waals surface area contributed by atoms with Crippen molar-refractivity contribution in [2.24, 2.45) is 0 Å². The minimum atomic E-state index is -4.57. The fourth-order valence-electron chi connectivity index (χ4n) is 2.84. The van der Waals surface area contributed by atoms with Crippen LogP contribution in [0.5, 0.6) is 0 Å². The number of halogens is 3. The number of aromatic nitrogens is 4. The Morgan fingerprint density at radius 3 is 2.48 bits per heavy atom. The highest BCUT2D eigenvalue weighted by Crippen LogP contribution is 2.45. The van der Waals surface area contributed by atoms with Gasteiger partial charge in [-0.25, -0.2) is 5.10 Å². The van der Waals surface area contributed by atoms with Gasteiger partial charge in [-0.15, -0.1) is 5.10 Å². The molecule has 0 fully saturated rings. The van der Waals surface area contributed by atoms with Crippen molar-refractivity contribution < 1.29 is 17.6 Å². The number of fused-ring (bicyclic) bond motifs is 1. The molecule has 2 heterocycles. The Morgan fingerprint density at radius 2 is 1.80 bits per heavy atom. The van der Waals surface area contributed by atoms with Crippen molar-refractivity contribution >= 4 is 11.0 Å². The van der Waals surface area contributed by atoms with Gasteiger partial charge in [0.1, 0.15) is 16.9 Å². The van der Waals surface area contributed by atoms with Gasteiger partial charge in [0.15, 0.2) is 5.82 Å². The Bertz CT molecular complexity index is 1050. The topological polar surface area (TPSA) is 67.6 Å². The van der Waals surface area contributed by atoms with Gasteiger partial charge in [0.2, 0.25) is 0 Å². The minimum absolute atomic E-state index is 0.0352. The maximum absolute atomic E-state index is 13.8. The normalized spacial score (nSPS) is 12.0. The second-order valence-electron chi connectivity index (χ2n) is 5.60. The zero-order chi connectivity index (χ0) is 17.6. The number of H-pyrrole nitrogens is 1. The van der Waals surface area contributed by atoms with Gasteiger partial charge >= 0.3 is 6.18 Å². The average molecular weight is 344 g/mol. The number of rotatable bonds is 2. The van der Waals surface area contributed by atoms with Crippen LogP contribution in [0.3, 0.4) is 0 Å². The van der Waals surface area contributed by atoms with E-state index >= 15 is 0 Å². The van der Waals surface area contributed by atoms with Crippen LogP contribution in [-0.2, 0) is 6.18 Å². The molecule has 126 valence electrons. The van der Waals surface area contributed by atoms with E-state index in [2.05, 4.69) is 20.6 Å². The summed E-state index contributed by atoms with van der Waals surface area (Å²) in [4.78, 5) is 0. The van der Waals surface area contributed by atoms with Gasteiger partial charge in [-0.1, -0.05) is 35.9 Å². The molecule has 0 saturated carbocycles. The van der Waals surface area contributed by atoms with E-state index in [1.807, 2.05) is 0 Å². The van der Waals surface area contributed by atoms with E-state index in [1.165, 1.54) is 6.07 Å². The Morgan fingerprint density at radius 1 is 1.04 bits per heavy atom. The van der Waals surface area contributed by atoms with Gasteiger partial charge in [0, 0.05) is 16.5 Å². The summed E-state index contributed by atoms with van der Waals surface area (Å²) in [6.07, 6.45) is -4.57. The van der Waals surface area contributed by atoms with E-state index in [0.717, 1.165) is 5.56 Å². The number of hydrogen-bond donors (Lipinski definition) is 1. The summed E-state index contributed by atoms with van der Waals surface area (Å²) in [6.45, 7) is 1.74. The van der Waals surface area contributed by atoms with Gasteiger partial charge in [-0.05, 0) is 29.5 Å². The van der Waals surface area contributed by atoms with Gasteiger partial charge < -0.3 is 4.42 Å². The molecule has 0 amide bonds. The summed E-state index contributed by atoms with van der Waals surface area (Å²) in [5.74, 6) is 0.0143. The molecule has 2 aromatic heterocycles. The molecule has 0 unspecified atom stereocenters. The molecule has 8 heteroatoms. The van der Waals surface area contributed by atoms with Crippen molar-refractivity contribution in [1.82, 2.24) is 20.6 Å². The summed E-state index contributed by atoms with van der Waals surface area (Å²) >= 11 is 0. The monoisotopic (exact) mass is 344 g/mol. The third-order valence-electron chi connectivity index (χ3n) is 3.90. The Hall–Kier alpha value is -3.16. The van der Waals surface area contributed by atoms with Crippen molar-refractivity contribution in [2.45, 2.75) is 13.1 Å². The molecule has 0 radical (unpaired) electrons. The predicted octanol–water partition coefficient (Wildman–Crippen LogP) is 4.61. The molecule has 0 aliphatic heterocycles. The number of hydrogen-bond acceptors (Lipinski definition) is 4. The highest BCUT2D eigenvalue weighted by atomic mass is 19.4. The lowest BCUT2D eigenvalue weighted by molar-refractivity contribution is -0.136. The highest BCUT2D eigenvalue weighted by Gasteiger charge is 2.39. The van der Waals surface area contributed by atoms with Crippen molar-refractivity contribution in [3.8, 4) is 22.7 Å². The molecule has 4 aromatic rings. The smallest absolute Gasteiger partial charge is 0.420 e. The molecule has 2 aromatic carbocycles. The lowest BCUT2D eigenvalue weighted by Crippen LogP contribution is -2.06. The number of aromatic amines is 1. The second-order valence-corrected chi connectivity index (χ2v) is 5.60. The molecule has 25 heavy (non-hydrogen) atoms. The number of furan rings is 1. The molecule has 0 aliphatic rings. The number of alkyl halides is 3. The quantitative estimate of drug-likeness (QED) is 0.577. The molecular formula is C17H11F3N4O. The van der Waals surface area contributed by atoms with Crippen LogP contribution in [0.25, 0.3) is 33.7 Å². The van der Waals surface area contributed by atoms with Crippen molar-refractivity contribution in [1.29, 1.82) is 0 Å². The molecule has 5 nitrogen and oxygen atoms in total. The van der Waals surface area contributed by atoms with Crippen molar-refractivity contribution in [3.05, 3.63) is 53.6 Å². The first-order valence-electron chi connectivity index (χ1n) is 7.39. The zero-order valence-corrected chi connectivity index (χ0v) is 12.9. The second kappa shape index (κ2) is 5.44. The van der Waals surface area contributed by atoms with Crippen LogP contribution in [0.15, 0.2) is 46.9 Å². The lowest BCUT2D eigenvalue weighted by Gasteiger charge is -2.10. The standard InChI is InChI=1S/C17H11F3N4O/c1-9-6-7-13-12(8-9)14(17(18,19)20)15(25-13)10-4-2-3-5-11(10)16-21-23-24-22-16/h2-8H,1H3,(H,21,22,23,24). The molecule has 0 bridgehead atoms. The van der Waals surface area contributed by atoms with Crippen molar-refractivity contribution in [2.75, 3.05) is 0 Å². The maximum atomic E-state index is 13.8. The Balaban J connectivity index is 2.06. The molecule has 0 atom stereocenters. The zero-order valence-electron chi connectivity index (χ0n) is 12.9. The van der Waals surface area contributed by atoms with E-state index in [0.29, 0.717) is 5.56 Å². The number of tetrazole rings is 1. The van der Waals surface area contributed by atoms with Gasteiger partial charge in [0.25, 0.3) is 0 Å². The predicted molar refractivity (Wildman–Crippen MR) is 84.6 cm³/mol. The Labute approximate surface area is 139 Å². The summed E-state index contributed by atoms with van der Waals surface area (Å²) in [5, 5.41) is 13.4. The summed E-state index contributed by atoms with van der Waals surface area (Å²) in [5.41, 5.74) is 0.790. The summed E-state index contributed by atoms with van der Waals surface area (Å²) in [7, 11) is 0. The number of aryl methyl sites for hydroxylation is 1. The van der Waals surface area contributed by atoms with Crippen LogP contribution < -0.4 is 0 Å². The van der Waals surface area contributed by atoms with Crippen molar-refractivity contribution in [3.63, 3.8) is 0 Å². The number of nitrogens with one attached hydrogen (secondary N) is 1. The molecule has 0 aliphatic carbocycles. The third kappa shape index (κ3) is 2.55. The maximum Gasteiger partial charge on any atom is 0.420 e. The highest BCUT2D eigenvalue weighted by molar-refractivity contribution is 5.92. The van der Waals surface area contributed by atoms with E-state index < -0.39 is 11.7 Å². The average Bonchev–Trinajstić information content (AvgIpc) is 3.21. The first-order chi connectivity index (χ1) is 11.9. The van der Waals surface area contributed by atoms with E-state index in [1.54, 1.807) is 43.3 Å². The number of nitrogens with zero attached hydrogens (tertiary/aromatic N) is 3. The molecule has 0 spiro atoms. The number of benzene rings is 2. The minimum Gasteiger partial charge on any atom is -0.455 e. The van der Waals surface area contributed by atoms with Gasteiger partial charge in [-0.2, -0.15) is 13.2 Å². The van der Waals surface area contributed by atoms with Crippen LogP contribution in [0.4, 0.5) is 13.2 Å². The van der Waals surface area contributed by atoms with E-state index in [4.69, 9.17) is 4.42 Å². The van der Waals surface area contributed by atoms with Crippen LogP contribution in [0.1, 0.15) is 11.1 Å². The summed E-state index contributed by atoms with van der Waals surface area (Å²) < 4.78 is 47.0. The largest absolute Gasteiger partial charge is 0.455 e. The lowest BCUT2D eigenvalue weighted by atomic mass is 9.99. The first-order valence-corrected chi connectivity index (χ1v) is 7.39. The fourth-order valence-corrected chi connectivity index (χ4v) is 2.84. The fraction of sp³-hybridized carbons (Fsp3) is 0.118. The SMILES string of the molecule is Cc1ccc2oc(-c3ccccc3-c3nnn[nH]3)c(C(F)(F)F)c2c1. The third-order valence-corrected chi connectivity index (χ3v) is 3.90. The summed E-state index contributed by atoms with van der Waals surface area (Å²) in [6, 6.07) is 11.3. The van der Waals surface area contributed by atoms with Crippen LogP contribution in [0.2, 0.25) is 0 Å². The van der Waals surface area contributed by atoms with Crippen LogP contribution in [-0.4, -0.2) is 20.6 Å². The van der Waals surface area contributed by atoms with Crippen LogP contribution in [0, 0.1) is 6.92 Å². The van der Waals surface area contributed by atoms with Gasteiger partial charge in [-0.3, -0.25) is 0 Å². The molecule has 4 rings (SSSR count). The first kappa shape index (κ1) is 15.4. The van der Waals surface area contributed by atoms with Gasteiger partial charge in [0.05, 0.1) is 0 Å². The van der Waals surface area contributed by atoms with E-state index in [-0.39, 0.29) is 28.1 Å². The Kier molecular flexibility index (Phi) is 3.34. The molecule has 1 N–H and O–H groups in total. The molecule has 0 saturated heterocycles. The van der Waals surface area contributed by atoms with E-state index in [9.17, 15) is 13.2 Å². The molecular weight excluding hydrogens is 333 g/mol.